The number of carbonyl (C=O) groups is 2. The zero-order chi connectivity index (χ0) is 14.3. The second kappa shape index (κ2) is 7.77. The highest BCUT2D eigenvalue weighted by Crippen LogP contribution is 2.25. The summed E-state index contributed by atoms with van der Waals surface area (Å²) in [5.74, 6) is -1.04. The molecule has 0 aromatic carbocycles. The predicted octanol–water partition coefficient (Wildman–Crippen LogP) is 2.51. The van der Waals surface area contributed by atoms with Crippen LogP contribution in [-0.4, -0.2) is 23.0 Å². The van der Waals surface area contributed by atoms with Crippen molar-refractivity contribution in [3.8, 4) is 0 Å². The van der Waals surface area contributed by atoms with E-state index in [4.69, 9.17) is 5.11 Å². The van der Waals surface area contributed by atoms with E-state index in [-0.39, 0.29) is 23.8 Å². The van der Waals surface area contributed by atoms with E-state index in [1.165, 1.54) is 0 Å². The number of amides is 1. The molecular formula is C15H23NO3. The third-order valence-corrected chi connectivity index (χ3v) is 3.70. The fourth-order valence-electron chi connectivity index (χ4n) is 2.52. The van der Waals surface area contributed by atoms with E-state index in [1.807, 2.05) is 0 Å². The second-order valence-corrected chi connectivity index (χ2v) is 5.14. The van der Waals surface area contributed by atoms with Gasteiger partial charge in [-0.2, -0.15) is 0 Å². The van der Waals surface area contributed by atoms with Gasteiger partial charge in [-0.1, -0.05) is 12.2 Å². The van der Waals surface area contributed by atoms with Gasteiger partial charge in [0.05, 0.1) is 5.92 Å². The quantitative estimate of drug-likeness (QED) is 0.695. The Morgan fingerprint density at radius 1 is 1.16 bits per heavy atom. The monoisotopic (exact) mass is 265 g/mol. The molecule has 0 aromatic rings. The van der Waals surface area contributed by atoms with E-state index in [2.05, 4.69) is 18.5 Å². The zero-order valence-corrected chi connectivity index (χ0v) is 11.3. The third kappa shape index (κ3) is 4.89. The van der Waals surface area contributed by atoms with Gasteiger partial charge in [0.1, 0.15) is 0 Å². The Balaban J connectivity index is 2.42. The van der Waals surface area contributed by atoms with Crippen molar-refractivity contribution in [3.05, 3.63) is 25.3 Å². The molecule has 0 aliphatic heterocycles. The number of allylic oxidation sites excluding steroid dienone is 2. The Morgan fingerprint density at radius 2 is 1.68 bits per heavy atom. The molecule has 0 aromatic heterocycles. The molecule has 106 valence electrons. The Bertz CT molecular complexity index is 333. The van der Waals surface area contributed by atoms with Crippen LogP contribution in [0.15, 0.2) is 25.3 Å². The van der Waals surface area contributed by atoms with E-state index >= 15 is 0 Å². The van der Waals surface area contributed by atoms with E-state index in [9.17, 15) is 9.59 Å². The number of hydrogen-bond donors (Lipinski definition) is 2. The molecule has 4 nitrogen and oxygen atoms in total. The summed E-state index contributed by atoms with van der Waals surface area (Å²) in [6, 6.07) is 0.111. The van der Waals surface area contributed by atoms with E-state index in [0.717, 1.165) is 12.8 Å². The smallest absolute Gasteiger partial charge is 0.306 e. The molecule has 0 saturated heterocycles. The summed E-state index contributed by atoms with van der Waals surface area (Å²) in [6.45, 7) is 7.32. The fraction of sp³-hybridized carbons (Fsp3) is 0.600. The lowest BCUT2D eigenvalue weighted by molar-refractivity contribution is -0.142. The van der Waals surface area contributed by atoms with Crippen LogP contribution in [0.3, 0.4) is 0 Å². The van der Waals surface area contributed by atoms with Crippen LogP contribution in [-0.2, 0) is 9.59 Å². The van der Waals surface area contributed by atoms with Gasteiger partial charge in [-0.15, -0.1) is 13.2 Å². The summed E-state index contributed by atoms with van der Waals surface area (Å²) in [6.07, 6.45) is 7.56. The maximum atomic E-state index is 12.1. The molecule has 1 amide bonds. The summed E-state index contributed by atoms with van der Waals surface area (Å²) < 4.78 is 0. The molecule has 0 unspecified atom stereocenters. The number of carboxylic acid groups (broad SMARTS) is 1. The first-order valence-corrected chi connectivity index (χ1v) is 6.83. The average molecular weight is 265 g/mol. The number of nitrogens with one attached hydrogen (secondary N) is 1. The number of hydrogen-bond acceptors (Lipinski definition) is 2. The fourth-order valence-corrected chi connectivity index (χ4v) is 2.52. The SMILES string of the molecule is C=CCC(CC=C)C(=O)NC1CCC(C(=O)O)CC1. The zero-order valence-electron chi connectivity index (χ0n) is 11.3. The molecule has 19 heavy (non-hydrogen) atoms. The van der Waals surface area contributed by atoms with E-state index in [1.54, 1.807) is 12.2 Å². The Morgan fingerprint density at radius 3 is 2.11 bits per heavy atom. The van der Waals surface area contributed by atoms with Crippen molar-refractivity contribution in [2.45, 2.75) is 44.6 Å². The van der Waals surface area contributed by atoms with Crippen LogP contribution in [0.1, 0.15) is 38.5 Å². The largest absolute Gasteiger partial charge is 0.481 e. The van der Waals surface area contributed by atoms with Crippen molar-refractivity contribution < 1.29 is 14.7 Å². The molecule has 0 atom stereocenters. The minimum absolute atomic E-state index is 0.0265. The minimum Gasteiger partial charge on any atom is -0.481 e. The molecule has 0 bridgehead atoms. The van der Waals surface area contributed by atoms with Crippen LogP contribution >= 0.6 is 0 Å². The van der Waals surface area contributed by atoms with Gasteiger partial charge in [-0.3, -0.25) is 9.59 Å². The van der Waals surface area contributed by atoms with Crippen molar-refractivity contribution in [1.29, 1.82) is 0 Å². The van der Waals surface area contributed by atoms with Gasteiger partial charge in [0, 0.05) is 12.0 Å². The van der Waals surface area contributed by atoms with Gasteiger partial charge in [-0.05, 0) is 38.5 Å². The lowest BCUT2D eigenvalue weighted by atomic mass is 9.85. The molecule has 1 rings (SSSR count). The third-order valence-electron chi connectivity index (χ3n) is 3.70. The maximum absolute atomic E-state index is 12.1. The van der Waals surface area contributed by atoms with Crippen LogP contribution in [0.25, 0.3) is 0 Å². The van der Waals surface area contributed by atoms with Gasteiger partial charge >= 0.3 is 5.97 Å². The number of aliphatic carboxylic acids is 1. The summed E-state index contributed by atoms with van der Waals surface area (Å²) >= 11 is 0. The van der Waals surface area contributed by atoms with Crippen LogP contribution in [0.5, 0.6) is 0 Å². The first kappa shape index (κ1) is 15.5. The molecule has 1 aliphatic carbocycles. The van der Waals surface area contributed by atoms with Crippen molar-refractivity contribution >= 4 is 11.9 Å². The summed E-state index contributed by atoms with van der Waals surface area (Å²) in [4.78, 5) is 22.9. The standard InChI is InChI=1S/C15H23NO3/c1-3-5-11(6-4-2)14(17)16-13-9-7-12(8-10-13)15(18)19/h3-4,11-13H,1-2,5-10H2,(H,16,17)(H,18,19). The van der Waals surface area contributed by atoms with Gasteiger partial charge in [0.15, 0.2) is 0 Å². The number of carboxylic acids is 1. The summed E-state index contributed by atoms with van der Waals surface area (Å²) in [5, 5.41) is 11.9. The highest BCUT2D eigenvalue weighted by molar-refractivity contribution is 5.79. The van der Waals surface area contributed by atoms with Gasteiger partial charge in [0.25, 0.3) is 0 Å². The molecular weight excluding hydrogens is 242 g/mol. The lowest BCUT2D eigenvalue weighted by Gasteiger charge is -2.28. The normalized spacial score (nSPS) is 22.8. The molecule has 1 aliphatic rings. The summed E-state index contributed by atoms with van der Waals surface area (Å²) in [7, 11) is 0. The highest BCUT2D eigenvalue weighted by atomic mass is 16.4. The first-order valence-electron chi connectivity index (χ1n) is 6.83. The predicted molar refractivity (Wildman–Crippen MR) is 74.6 cm³/mol. The van der Waals surface area contributed by atoms with Gasteiger partial charge in [-0.25, -0.2) is 0 Å². The van der Waals surface area contributed by atoms with E-state index < -0.39 is 5.97 Å². The van der Waals surface area contributed by atoms with Crippen LogP contribution in [0.4, 0.5) is 0 Å². The van der Waals surface area contributed by atoms with Crippen LogP contribution < -0.4 is 5.32 Å². The first-order chi connectivity index (χ1) is 9.08. The van der Waals surface area contributed by atoms with Crippen molar-refractivity contribution in [2.24, 2.45) is 11.8 Å². The Hall–Kier alpha value is -1.58. The molecule has 0 radical (unpaired) electrons. The topological polar surface area (TPSA) is 66.4 Å². The van der Waals surface area contributed by atoms with Crippen molar-refractivity contribution in [3.63, 3.8) is 0 Å². The number of carbonyl (C=O) groups excluding carboxylic acids is 1. The van der Waals surface area contributed by atoms with Gasteiger partial charge in [0.2, 0.25) is 5.91 Å². The van der Waals surface area contributed by atoms with Crippen molar-refractivity contribution in [2.75, 3.05) is 0 Å². The van der Waals surface area contributed by atoms with E-state index in [0.29, 0.717) is 25.7 Å². The lowest BCUT2D eigenvalue weighted by Crippen LogP contribution is -2.41. The molecule has 1 fully saturated rings. The van der Waals surface area contributed by atoms with Crippen molar-refractivity contribution in [1.82, 2.24) is 5.32 Å². The summed E-state index contributed by atoms with van der Waals surface area (Å²) in [5.41, 5.74) is 0. The van der Waals surface area contributed by atoms with Crippen LogP contribution in [0.2, 0.25) is 0 Å². The Labute approximate surface area is 114 Å². The van der Waals surface area contributed by atoms with Crippen LogP contribution in [0, 0.1) is 11.8 Å². The van der Waals surface area contributed by atoms with Gasteiger partial charge < -0.3 is 10.4 Å². The maximum Gasteiger partial charge on any atom is 0.306 e. The minimum atomic E-state index is -0.721. The molecule has 1 saturated carbocycles. The number of rotatable bonds is 7. The molecule has 0 spiro atoms. The highest BCUT2D eigenvalue weighted by Gasteiger charge is 2.27. The Kier molecular flexibility index (Phi) is 6.33. The molecule has 0 heterocycles. The molecule has 2 N–H and O–H groups in total. The second-order valence-electron chi connectivity index (χ2n) is 5.14. The average Bonchev–Trinajstić information content (AvgIpc) is 2.39. The molecule has 4 heteroatoms.